The topological polar surface area (TPSA) is 35.6 Å². The molecule has 1 saturated heterocycles. The summed E-state index contributed by atoms with van der Waals surface area (Å²) in [5, 5.41) is 3.15. The zero-order valence-corrected chi connectivity index (χ0v) is 16.3. The van der Waals surface area contributed by atoms with Crippen molar-refractivity contribution in [2.75, 3.05) is 42.9 Å². The van der Waals surface area contributed by atoms with Crippen molar-refractivity contribution in [3.05, 3.63) is 23.8 Å². The van der Waals surface area contributed by atoms with Crippen LogP contribution in [0.5, 0.6) is 0 Å². The highest BCUT2D eigenvalue weighted by Gasteiger charge is 2.40. The quantitative estimate of drug-likeness (QED) is 0.870. The maximum atomic E-state index is 12.5. The van der Waals surface area contributed by atoms with E-state index >= 15 is 0 Å². The van der Waals surface area contributed by atoms with Crippen molar-refractivity contribution in [3.63, 3.8) is 0 Å². The van der Waals surface area contributed by atoms with Gasteiger partial charge in [-0.2, -0.15) is 0 Å². The number of carbonyl (C=O) groups excluding carboxylic acids is 1. The highest BCUT2D eigenvalue weighted by atomic mass is 16.1. The van der Waals surface area contributed by atoms with Gasteiger partial charge in [0.25, 0.3) is 0 Å². The molecular formula is C22H33N3O. The predicted octanol–water partition coefficient (Wildman–Crippen LogP) is 3.90. The van der Waals surface area contributed by atoms with E-state index in [9.17, 15) is 4.79 Å². The monoisotopic (exact) mass is 355 g/mol. The average molecular weight is 356 g/mol. The Balaban J connectivity index is 1.33. The minimum absolute atomic E-state index is 0.200. The summed E-state index contributed by atoms with van der Waals surface area (Å²) in [4.78, 5) is 17.5. The Bertz CT molecular complexity index is 651. The maximum absolute atomic E-state index is 12.5. The molecule has 0 spiro atoms. The van der Waals surface area contributed by atoms with Gasteiger partial charge in [0, 0.05) is 44.0 Å². The number of piperazine rings is 1. The SMILES string of the molecule is CCN1CCN(c2ccc(NC(=O)CC3CC4CCC3C4)cc2C)CC1. The summed E-state index contributed by atoms with van der Waals surface area (Å²) < 4.78 is 0. The second kappa shape index (κ2) is 7.59. The summed E-state index contributed by atoms with van der Waals surface area (Å²) in [7, 11) is 0. The largest absolute Gasteiger partial charge is 0.369 e. The van der Waals surface area contributed by atoms with Gasteiger partial charge in [-0.25, -0.2) is 0 Å². The number of anilines is 2. The van der Waals surface area contributed by atoms with Crippen LogP contribution in [0.15, 0.2) is 18.2 Å². The van der Waals surface area contributed by atoms with Crippen molar-refractivity contribution in [1.29, 1.82) is 0 Å². The Morgan fingerprint density at radius 2 is 1.96 bits per heavy atom. The Kier molecular flexibility index (Phi) is 5.21. The van der Waals surface area contributed by atoms with Crippen LogP contribution in [-0.2, 0) is 4.79 Å². The molecule has 3 atom stereocenters. The van der Waals surface area contributed by atoms with E-state index in [0.717, 1.165) is 50.2 Å². The van der Waals surface area contributed by atoms with Crippen LogP contribution < -0.4 is 10.2 Å². The number of fused-ring (bicyclic) bond motifs is 2. The van der Waals surface area contributed by atoms with Crippen molar-refractivity contribution in [2.24, 2.45) is 17.8 Å². The number of aryl methyl sites for hydroxylation is 1. The Hall–Kier alpha value is -1.55. The molecule has 3 aliphatic rings. The standard InChI is InChI=1S/C22H33N3O/c1-3-24-8-10-25(11-9-24)21-7-6-20(12-16(21)2)23-22(26)15-19-14-17-4-5-18(19)13-17/h6-7,12,17-19H,3-5,8-11,13-15H2,1-2H3,(H,23,26). The van der Waals surface area contributed by atoms with Crippen molar-refractivity contribution in [2.45, 2.75) is 46.0 Å². The van der Waals surface area contributed by atoms with Crippen LogP contribution in [-0.4, -0.2) is 43.5 Å². The molecular weight excluding hydrogens is 322 g/mol. The number of nitrogens with one attached hydrogen (secondary N) is 1. The van der Waals surface area contributed by atoms with Gasteiger partial charge in [0.05, 0.1) is 0 Å². The first-order valence-electron chi connectivity index (χ1n) is 10.5. The second-order valence-corrected chi connectivity index (χ2v) is 8.61. The Morgan fingerprint density at radius 1 is 1.15 bits per heavy atom. The molecule has 2 saturated carbocycles. The zero-order chi connectivity index (χ0) is 18.1. The number of nitrogens with zero attached hydrogens (tertiary/aromatic N) is 2. The van der Waals surface area contributed by atoms with E-state index in [1.165, 1.54) is 36.9 Å². The van der Waals surface area contributed by atoms with Crippen molar-refractivity contribution >= 4 is 17.3 Å². The first-order chi connectivity index (χ1) is 12.6. The van der Waals surface area contributed by atoms with Crippen LogP contribution >= 0.6 is 0 Å². The number of carbonyl (C=O) groups is 1. The molecule has 1 aromatic rings. The molecule has 4 nitrogen and oxygen atoms in total. The average Bonchev–Trinajstić information content (AvgIpc) is 3.25. The lowest BCUT2D eigenvalue weighted by atomic mass is 9.86. The third kappa shape index (κ3) is 3.75. The van der Waals surface area contributed by atoms with E-state index in [1.54, 1.807) is 0 Å². The van der Waals surface area contributed by atoms with Crippen molar-refractivity contribution in [1.82, 2.24) is 4.90 Å². The lowest BCUT2D eigenvalue weighted by Gasteiger charge is -2.36. The molecule has 3 unspecified atom stereocenters. The summed E-state index contributed by atoms with van der Waals surface area (Å²) in [6.45, 7) is 9.98. The van der Waals surface area contributed by atoms with Crippen LogP contribution in [0.3, 0.4) is 0 Å². The fraction of sp³-hybridized carbons (Fsp3) is 0.682. The first-order valence-corrected chi connectivity index (χ1v) is 10.5. The van der Waals surface area contributed by atoms with Gasteiger partial charge < -0.3 is 15.1 Å². The Morgan fingerprint density at radius 3 is 2.58 bits per heavy atom. The molecule has 4 rings (SSSR count). The summed E-state index contributed by atoms with van der Waals surface area (Å²) >= 11 is 0. The maximum Gasteiger partial charge on any atom is 0.224 e. The summed E-state index contributed by atoms with van der Waals surface area (Å²) in [6, 6.07) is 6.40. The van der Waals surface area contributed by atoms with Gasteiger partial charge in [-0.3, -0.25) is 4.79 Å². The normalized spacial score (nSPS) is 28.5. The molecule has 1 N–H and O–H groups in total. The highest BCUT2D eigenvalue weighted by Crippen LogP contribution is 2.49. The molecule has 0 aromatic heterocycles. The smallest absolute Gasteiger partial charge is 0.224 e. The van der Waals surface area contributed by atoms with Crippen LogP contribution in [0.1, 0.15) is 44.6 Å². The van der Waals surface area contributed by atoms with Gasteiger partial charge in [0.15, 0.2) is 0 Å². The van der Waals surface area contributed by atoms with Crippen LogP contribution in [0.4, 0.5) is 11.4 Å². The van der Waals surface area contributed by atoms with E-state index in [-0.39, 0.29) is 5.91 Å². The van der Waals surface area contributed by atoms with Gasteiger partial charge in [-0.1, -0.05) is 13.3 Å². The summed E-state index contributed by atoms with van der Waals surface area (Å²) in [5.74, 6) is 2.55. The van der Waals surface area contributed by atoms with E-state index in [1.807, 2.05) is 0 Å². The zero-order valence-electron chi connectivity index (χ0n) is 16.3. The summed E-state index contributed by atoms with van der Waals surface area (Å²) in [6.07, 6.45) is 6.11. The van der Waals surface area contributed by atoms with Gasteiger partial charge in [-0.05, 0) is 74.2 Å². The second-order valence-electron chi connectivity index (χ2n) is 8.61. The van der Waals surface area contributed by atoms with Gasteiger partial charge in [0.1, 0.15) is 0 Å². The fourth-order valence-corrected chi connectivity index (χ4v) is 5.47. The van der Waals surface area contributed by atoms with Crippen molar-refractivity contribution in [3.8, 4) is 0 Å². The number of hydrogen-bond donors (Lipinski definition) is 1. The van der Waals surface area contributed by atoms with Crippen LogP contribution in [0, 0.1) is 24.7 Å². The third-order valence-electron chi connectivity index (χ3n) is 6.97. The summed E-state index contributed by atoms with van der Waals surface area (Å²) in [5.41, 5.74) is 3.52. The first kappa shape index (κ1) is 17.8. The number of benzene rings is 1. The number of likely N-dealkylation sites (N-methyl/N-ethyl adjacent to an activating group) is 1. The fourth-order valence-electron chi connectivity index (χ4n) is 5.47. The molecule has 2 bridgehead atoms. The minimum Gasteiger partial charge on any atom is -0.369 e. The number of hydrogen-bond acceptors (Lipinski definition) is 3. The lowest BCUT2D eigenvalue weighted by molar-refractivity contribution is -0.117. The van der Waals surface area contributed by atoms with E-state index in [4.69, 9.17) is 0 Å². The molecule has 1 aliphatic heterocycles. The van der Waals surface area contributed by atoms with E-state index < -0.39 is 0 Å². The molecule has 1 amide bonds. The molecule has 1 aromatic carbocycles. The predicted molar refractivity (Wildman–Crippen MR) is 108 cm³/mol. The van der Waals surface area contributed by atoms with E-state index in [0.29, 0.717) is 12.3 Å². The minimum atomic E-state index is 0.200. The molecule has 0 radical (unpaired) electrons. The third-order valence-corrected chi connectivity index (χ3v) is 6.97. The van der Waals surface area contributed by atoms with Crippen molar-refractivity contribution < 1.29 is 4.79 Å². The van der Waals surface area contributed by atoms with Crippen LogP contribution in [0.25, 0.3) is 0 Å². The molecule has 26 heavy (non-hydrogen) atoms. The highest BCUT2D eigenvalue weighted by molar-refractivity contribution is 5.91. The molecule has 2 aliphatic carbocycles. The number of rotatable bonds is 5. The molecule has 4 heteroatoms. The number of amides is 1. The van der Waals surface area contributed by atoms with Gasteiger partial charge >= 0.3 is 0 Å². The molecule has 1 heterocycles. The molecule has 142 valence electrons. The van der Waals surface area contributed by atoms with E-state index in [2.05, 4.69) is 47.2 Å². The molecule has 3 fully saturated rings. The Labute approximate surface area is 157 Å². The lowest BCUT2D eigenvalue weighted by Crippen LogP contribution is -2.46. The van der Waals surface area contributed by atoms with Gasteiger partial charge in [-0.15, -0.1) is 0 Å². The van der Waals surface area contributed by atoms with Crippen LogP contribution in [0.2, 0.25) is 0 Å². The van der Waals surface area contributed by atoms with Gasteiger partial charge in [0.2, 0.25) is 5.91 Å².